The molecule has 4 aromatic carbocycles. The summed E-state index contributed by atoms with van der Waals surface area (Å²) in [4.78, 5) is 13.0. The maximum absolute atomic E-state index is 13.5. The lowest BCUT2D eigenvalue weighted by atomic mass is 10.00. The predicted octanol–water partition coefficient (Wildman–Crippen LogP) is 10.6. The van der Waals surface area contributed by atoms with Crippen LogP contribution in [-0.4, -0.2) is 32.9 Å². The molecule has 0 bridgehead atoms. The van der Waals surface area contributed by atoms with E-state index in [9.17, 15) is 8.78 Å². The highest BCUT2D eigenvalue weighted by molar-refractivity contribution is 9.08. The van der Waals surface area contributed by atoms with Gasteiger partial charge in [0.1, 0.15) is 11.6 Å². The lowest BCUT2D eigenvalue weighted by molar-refractivity contribution is 0.280. The van der Waals surface area contributed by atoms with Gasteiger partial charge in [0.05, 0.1) is 0 Å². The first-order valence-electron chi connectivity index (χ1n) is 16.5. The van der Waals surface area contributed by atoms with Crippen LogP contribution >= 0.6 is 15.9 Å². The largest absolute Gasteiger partial charge is 0.361 e. The zero-order valence-electron chi connectivity index (χ0n) is 27.3. The number of rotatable bonds is 7. The third-order valence-corrected chi connectivity index (χ3v) is 9.19. The molecule has 0 amide bonds. The highest BCUT2D eigenvalue weighted by Crippen LogP contribution is 2.25. The molecule has 0 saturated carbocycles. The summed E-state index contributed by atoms with van der Waals surface area (Å²) in [6, 6.07) is 34.6. The fourth-order valence-electron chi connectivity index (χ4n) is 6.11. The highest BCUT2D eigenvalue weighted by atomic mass is 79.9. The smallest absolute Gasteiger partial charge is 0.123 e. The standard InChI is InChI=1S/C21H21FN2.C14H11FN2.C7H7Br/c22-19-8-9-21-20(12-19)18(13-23-21)11-17-7-4-10-24(15-17)14-16-5-2-1-3-6-16;15-12-3-4-14-13(7-12)11(9-17-14)6-10-2-1-5-16-8-10;8-6-7-4-2-1-3-5-7/h1-3,5-9,12-13,23H,4,10-11,14-15H2;1-5,7-9,17H,6H2;1-5H,6H2. The second kappa shape index (κ2) is 17.0. The van der Waals surface area contributed by atoms with Gasteiger partial charge in [-0.1, -0.05) is 94.3 Å². The number of benzene rings is 4. The van der Waals surface area contributed by atoms with Gasteiger partial charge >= 0.3 is 0 Å². The summed E-state index contributed by atoms with van der Waals surface area (Å²) in [6.45, 7) is 3.07. The van der Waals surface area contributed by atoms with Gasteiger partial charge in [0, 0.05) is 78.0 Å². The number of nitrogens with zero attached hydrogens (tertiary/aromatic N) is 2. The lowest BCUT2D eigenvalue weighted by Crippen LogP contribution is -2.30. The number of alkyl halides is 1. The average molecular weight is 718 g/mol. The van der Waals surface area contributed by atoms with Crippen molar-refractivity contribution in [2.45, 2.75) is 31.1 Å². The van der Waals surface area contributed by atoms with Crippen molar-refractivity contribution in [1.29, 1.82) is 0 Å². The summed E-state index contributed by atoms with van der Waals surface area (Å²) >= 11 is 3.36. The Kier molecular flexibility index (Phi) is 11.8. The fraction of sp³-hybridized carbons (Fsp3) is 0.167. The van der Waals surface area contributed by atoms with Crippen molar-refractivity contribution < 1.29 is 8.78 Å². The number of hydrogen-bond donors (Lipinski definition) is 2. The number of fused-ring (bicyclic) bond motifs is 2. The quantitative estimate of drug-likeness (QED) is 0.127. The molecule has 0 saturated heterocycles. The van der Waals surface area contributed by atoms with E-state index in [1.165, 1.54) is 34.4 Å². The SMILES string of the molecule is BrCc1ccccc1.Fc1ccc2[nH]cc(CC3=CCCN(Cc4ccccc4)C3)c2c1.Fc1ccc2[nH]cc(Cc3cccnc3)c2c1. The third kappa shape index (κ3) is 9.62. The summed E-state index contributed by atoms with van der Waals surface area (Å²) in [5, 5.41) is 2.89. The van der Waals surface area contributed by atoms with Crippen molar-refractivity contribution >= 4 is 37.7 Å². The number of nitrogens with one attached hydrogen (secondary N) is 2. The number of aromatic amines is 2. The van der Waals surface area contributed by atoms with Gasteiger partial charge in [-0.2, -0.15) is 0 Å². The minimum Gasteiger partial charge on any atom is -0.361 e. The van der Waals surface area contributed by atoms with Crippen molar-refractivity contribution in [3.05, 3.63) is 185 Å². The maximum atomic E-state index is 13.5. The summed E-state index contributed by atoms with van der Waals surface area (Å²) in [7, 11) is 0. The summed E-state index contributed by atoms with van der Waals surface area (Å²) in [5.74, 6) is -0.379. The molecule has 7 heteroatoms. The van der Waals surface area contributed by atoms with Crippen LogP contribution in [-0.2, 0) is 24.7 Å². The Bertz CT molecular complexity index is 2090. The second-order valence-electron chi connectivity index (χ2n) is 12.2. The predicted molar refractivity (Wildman–Crippen MR) is 201 cm³/mol. The molecule has 0 unspecified atom stereocenters. The Morgan fingerprint density at radius 3 is 1.84 bits per heavy atom. The van der Waals surface area contributed by atoms with E-state index < -0.39 is 0 Å². The molecule has 0 spiro atoms. The average Bonchev–Trinajstić information content (AvgIpc) is 3.73. The molecular weight excluding hydrogens is 678 g/mol. The summed E-state index contributed by atoms with van der Waals surface area (Å²) < 4.78 is 26.7. The van der Waals surface area contributed by atoms with Crippen molar-refractivity contribution in [1.82, 2.24) is 19.9 Å². The van der Waals surface area contributed by atoms with Crippen molar-refractivity contribution in [2.75, 3.05) is 13.1 Å². The Morgan fingerprint density at radius 2 is 1.27 bits per heavy atom. The third-order valence-electron chi connectivity index (χ3n) is 8.54. The normalized spacial score (nSPS) is 12.9. The molecule has 8 rings (SSSR count). The Balaban J connectivity index is 0.000000144. The van der Waals surface area contributed by atoms with Crippen LogP contribution in [0, 0.1) is 11.6 Å². The van der Waals surface area contributed by atoms with Crippen molar-refractivity contribution in [3.63, 3.8) is 0 Å². The number of hydrogen-bond acceptors (Lipinski definition) is 2. The molecule has 248 valence electrons. The molecule has 0 radical (unpaired) electrons. The second-order valence-corrected chi connectivity index (χ2v) is 12.7. The van der Waals surface area contributed by atoms with Gasteiger partial charge in [0.2, 0.25) is 0 Å². The lowest BCUT2D eigenvalue weighted by Gasteiger charge is -2.27. The topological polar surface area (TPSA) is 47.7 Å². The first-order chi connectivity index (χ1) is 24.0. The summed E-state index contributed by atoms with van der Waals surface area (Å²) in [5.41, 5.74) is 9.46. The van der Waals surface area contributed by atoms with Crippen LogP contribution in [0.4, 0.5) is 8.78 Å². The number of pyridine rings is 1. The first kappa shape index (κ1) is 34.0. The molecule has 4 heterocycles. The zero-order valence-corrected chi connectivity index (χ0v) is 28.8. The van der Waals surface area contributed by atoms with E-state index in [0.717, 1.165) is 77.2 Å². The van der Waals surface area contributed by atoms with E-state index in [1.807, 2.05) is 55.0 Å². The molecule has 7 aromatic rings. The summed E-state index contributed by atoms with van der Waals surface area (Å²) in [6.07, 6.45) is 12.6. The Morgan fingerprint density at radius 1 is 0.673 bits per heavy atom. The molecule has 49 heavy (non-hydrogen) atoms. The number of H-pyrrole nitrogens is 2. The van der Waals surface area contributed by atoms with Crippen LogP contribution in [0.2, 0.25) is 0 Å². The van der Waals surface area contributed by atoms with E-state index in [1.54, 1.807) is 24.4 Å². The van der Waals surface area contributed by atoms with Crippen molar-refractivity contribution in [2.24, 2.45) is 0 Å². The molecule has 2 N–H and O–H groups in total. The molecule has 1 aliphatic rings. The van der Waals surface area contributed by atoms with Gasteiger partial charge in [0.25, 0.3) is 0 Å². The van der Waals surface area contributed by atoms with E-state index in [4.69, 9.17) is 0 Å². The molecule has 0 fully saturated rings. The minimum absolute atomic E-state index is 0.174. The van der Waals surface area contributed by atoms with Crippen molar-refractivity contribution in [3.8, 4) is 0 Å². The molecule has 0 aliphatic carbocycles. The maximum Gasteiger partial charge on any atom is 0.123 e. The van der Waals surface area contributed by atoms with Gasteiger partial charge in [0.15, 0.2) is 0 Å². The van der Waals surface area contributed by atoms with E-state index >= 15 is 0 Å². The monoisotopic (exact) mass is 716 g/mol. The van der Waals surface area contributed by atoms with E-state index in [0.29, 0.717) is 0 Å². The van der Waals surface area contributed by atoms with Crippen LogP contribution in [0.3, 0.4) is 0 Å². The van der Waals surface area contributed by atoms with Gasteiger partial charge in [-0.15, -0.1) is 0 Å². The van der Waals surface area contributed by atoms with Gasteiger partial charge < -0.3 is 9.97 Å². The highest BCUT2D eigenvalue weighted by Gasteiger charge is 2.15. The first-order valence-corrected chi connectivity index (χ1v) is 17.6. The van der Waals surface area contributed by atoms with Crippen LogP contribution in [0.15, 0.2) is 146 Å². The number of aromatic nitrogens is 3. The van der Waals surface area contributed by atoms with E-state index in [2.05, 4.69) is 84.3 Å². The number of halogens is 3. The van der Waals surface area contributed by atoms with Crippen LogP contribution in [0.25, 0.3) is 21.8 Å². The minimum atomic E-state index is -0.204. The Labute approximate surface area is 294 Å². The molecule has 3 aromatic heterocycles. The van der Waals surface area contributed by atoms with Gasteiger partial charge in [-0.25, -0.2) is 8.78 Å². The van der Waals surface area contributed by atoms with E-state index in [-0.39, 0.29) is 11.6 Å². The van der Waals surface area contributed by atoms with Crippen LogP contribution in [0.5, 0.6) is 0 Å². The zero-order chi connectivity index (χ0) is 33.8. The van der Waals surface area contributed by atoms with Crippen LogP contribution < -0.4 is 0 Å². The molecule has 1 aliphatic heterocycles. The molecule has 0 atom stereocenters. The Hall–Kier alpha value is -4.85. The fourth-order valence-corrected chi connectivity index (χ4v) is 6.49. The van der Waals surface area contributed by atoms with Gasteiger partial charge in [-0.3, -0.25) is 9.88 Å². The van der Waals surface area contributed by atoms with Crippen LogP contribution in [0.1, 0.15) is 34.2 Å². The molecular formula is C42H39BrF2N4. The molecule has 4 nitrogen and oxygen atoms in total. The van der Waals surface area contributed by atoms with Gasteiger partial charge in [-0.05, 0) is 83.1 Å².